The topological polar surface area (TPSA) is 58.0 Å². The first-order valence-electron chi connectivity index (χ1n) is 6.82. The first-order chi connectivity index (χ1) is 9.81. The van der Waals surface area contributed by atoms with Gasteiger partial charge >= 0.3 is 0 Å². The maximum atomic E-state index is 12.9. The van der Waals surface area contributed by atoms with Crippen LogP contribution in [0, 0.1) is 5.92 Å². The molecule has 2 aromatic rings. The Balaban J connectivity index is 2.38. The summed E-state index contributed by atoms with van der Waals surface area (Å²) in [6.45, 7) is 5.70. The number of halogens is 2. The predicted molar refractivity (Wildman–Crippen MR) is 78.4 cm³/mol. The fourth-order valence-corrected chi connectivity index (χ4v) is 1.79. The third kappa shape index (κ3) is 3.44. The lowest BCUT2D eigenvalue weighted by molar-refractivity contribution is 0.0266. The molecule has 2 rings (SSSR count). The molecule has 1 heterocycles. The Labute approximate surface area is 122 Å². The molecule has 0 bridgehead atoms. The third-order valence-corrected chi connectivity index (χ3v) is 3.67. The van der Waals surface area contributed by atoms with Gasteiger partial charge in [-0.15, -0.1) is 0 Å². The van der Waals surface area contributed by atoms with Crippen molar-refractivity contribution in [1.29, 1.82) is 0 Å². The van der Waals surface area contributed by atoms with Crippen LogP contribution in [0.3, 0.4) is 0 Å². The number of rotatable bonds is 5. The van der Waals surface area contributed by atoms with Gasteiger partial charge in [0.25, 0.3) is 6.43 Å². The third-order valence-electron chi connectivity index (χ3n) is 3.67. The van der Waals surface area contributed by atoms with E-state index in [4.69, 9.17) is 0 Å². The predicted octanol–water partition coefficient (Wildman–Crippen LogP) is 3.39. The first kappa shape index (κ1) is 15.6. The molecule has 0 aliphatic heterocycles. The maximum absolute atomic E-state index is 12.9. The molecule has 4 nitrogen and oxygen atoms in total. The van der Waals surface area contributed by atoms with Crippen molar-refractivity contribution in [2.75, 3.05) is 11.9 Å². The quantitative estimate of drug-likeness (QED) is 0.887. The standard InChI is InChI=1S/C15H19F2N3O/c1-9(2)15(3,21)8-18-13-10-6-4-5-7-11(10)19-14(20-13)12(16)17/h4-7,9,12,21H,8H2,1-3H3,(H,18,19,20). The van der Waals surface area contributed by atoms with E-state index in [9.17, 15) is 13.9 Å². The van der Waals surface area contributed by atoms with Gasteiger partial charge in [0, 0.05) is 11.9 Å². The molecule has 1 atom stereocenters. The highest BCUT2D eigenvalue weighted by atomic mass is 19.3. The highest BCUT2D eigenvalue weighted by Gasteiger charge is 2.25. The number of nitrogens with one attached hydrogen (secondary N) is 1. The van der Waals surface area contributed by atoms with Gasteiger partial charge in [-0.2, -0.15) is 0 Å². The van der Waals surface area contributed by atoms with Gasteiger partial charge in [0.05, 0.1) is 11.1 Å². The van der Waals surface area contributed by atoms with Gasteiger partial charge in [-0.3, -0.25) is 0 Å². The molecule has 2 N–H and O–H groups in total. The Bertz CT molecular complexity index is 629. The van der Waals surface area contributed by atoms with Crippen LogP contribution in [0.25, 0.3) is 10.9 Å². The van der Waals surface area contributed by atoms with Crippen LogP contribution in [0.1, 0.15) is 33.0 Å². The number of para-hydroxylation sites is 1. The zero-order chi connectivity index (χ0) is 15.6. The molecule has 0 saturated heterocycles. The zero-order valence-corrected chi connectivity index (χ0v) is 12.3. The molecular formula is C15H19F2N3O. The van der Waals surface area contributed by atoms with Gasteiger partial charge in [0.2, 0.25) is 0 Å². The van der Waals surface area contributed by atoms with E-state index < -0.39 is 17.9 Å². The van der Waals surface area contributed by atoms with Gasteiger partial charge in [0.1, 0.15) is 5.82 Å². The zero-order valence-electron chi connectivity index (χ0n) is 12.3. The lowest BCUT2D eigenvalue weighted by atomic mass is 9.92. The molecule has 0 aliphatic carbocycles. The molecule has 0 aliphatic rings. The van der Waals surface area contributed by atoms with E-state index in [0.717, 1.165) is 0 Å². The number of alkyl halides is 2. The largest absolute Gasteiger partial charge is 0.388 e. The van der Waals surface area contributed by atoms with E-state index in [1.807, 2.05) is 13.8 Å². The van der Waals surface area contributed by atoms with E-state index in [2.05, 4.69) is 15.3 Å². The molecule has 0 fully saturated rings. The van der Waals surface area contributed by atoms with Crippen LogP contribution in [0.4, 0.5) is 14.6 Å². The number of benzene rings is 1. The van der Waals surface area contributed by atoms with Crippen LogP contribution in [-0.2, 0) is 0 Å². The Hall–Kier alpha value is -1.82. The summed E-state index contributed by atoms with van der Waals surface area (Å²) in [5, 5.41) is 13.9. The number of fused-ring (bicyclic) bond motifs is 1. The molecule has 0 amide bonds. The van der Waals surface area contributed by atoms with E-state index in [1.54, 1.807) is 31.2 Å². The van der Waals surface area contributed by atoms with Crippen LogP contribution in [0.5, 0.6) is 0 Å². The smallest absolute Gasteiger partial charge is 0.297 e. The fourth-order valence-electron chi connectivity index (χ4n) is 1.79. The number of aromatic nitrogens is 2. The monoisotopic (exact) mass is 295 g/mol. The number of anilines is 1. The Morgan fingerprint density at radius 1 is 1.24 bits per heavy atom. The summed E-state index contributed by atoms with van der Waals surface area (Å²) >= 11 is 0. The summed E-state index contributed by atoms with van der Waals surface area (Å²) in [5.41, 5.74) is -0.508. The van der Waals surface area contributed by atoms with Crippen LogP contribution in [-0.4, -0.2) is 27.2 Å². The molecule has 1 unspecified atom stereocenters. The Kier molecular flexibility index (Phi) is 4.37. The van der Waals surface area contributed by atoms with Gasteiger partial charge in [0.15, 0.2) is 5.82 Å². The normalized spacial score (nSPS) is 14.7. The average Bonchev–Trinajstić information content (AvgIpc) is 2.44. The van der Waals surface area contributed by atoms with Crippen molar-refractivity contribution in [3.63, 3.8) is 0 Å². The Morgan fingerprint density at radius 3 is 2.52 bits per heavy atom. The summed E-state index contributed by atoms with van der Waals surface area (Å²) in [7, 11) is 0. The number of nitrogens with zero attached hydrogens (tertiary/aromatic N) is 2. The molecule has 21 heavy (non-hydrogen) atoms. The minimum absolute atomic E-state index is 0.0210. The van der Waals surface area contributed by atoms with Crippen molar-refractivity contribution in [1.82, 2.24) is 9.97 Å². The van der Waals surface area contributed by atoms with Gasteiger partial charge in [-0.25, -0.2) is 18.7 Å². The van der Waals surface area contributed by atoms with E-state index in [0.29, 0.717) is 16.7 Å². The molecule has 0 spiro atoms. The van der Waals surface area contributed by atoms with Crippen molar-refractivity contribution in [2.45, 2.75) is 32.8 Å². The van der Waals surface area contributed by atoms with Crippen molar-refractivity contribution < 1.29 is 13.9 Å². The highest BCUT2D eigenvalue weighted by Crippen LogP contribution is 2.25. The summed E-state index contributed by atoms with van der Waals surface area (Å²) in [6.07, 6.45) is -2.74. The molecule has 1 aromatic carbocycles. The Morgan fingerprint density at radius 2 is 1.90 bits per heavy atom. The molecule has 0 saturated carbocycles. The average molecular weight is 295 g/mol. The fraction of sp³-hybridized carbons (Fsp3) is 0.467. The van der Waals surface area contributed by atoms with Crippen LogP contribution >= 0.6 is 0 Å². The number of hydrogen-bond donors (Lipinski definition) is 2. The molecular weight excluding hydrogens is 276 g/mol. The van der Waals surface area contributed by atoms with E-state index in [-0.39, 0.29) is 12.5 Å². The van der Waals surface area contributed by atoms with Crippen LogP contribution < -0.4 is 5.32 Å². The maximum Gasteiger partial charge on any atom is 0.297 e. The van der Waals surface area contributed by atoms with Crippen LogP contribution in [0.15, 0.2) is 24.3 Å². The summed E-state index contributed by atoms with van der Waals surface area (Å²) in [4.78, 5) is 7.73. The number of aliphatic hydroxyl groups is 1. The molecule has 1 aromatic heterocycles. The highest BCUT2D eigenvalue weighted by molar-refractivity contribution is 5.89. The number of hydrogen-bond acceptors (Lipinski definition) is 4. The summed E-state index contributed by atoms with van der Waals surface area (Å²) in [5.74, 6) is -0.176. The SMILES string of the molecule is CC(C)C(C)(O)CNc1nc(C(F)F)nc2ccccc12. The second-order valence-electron chi connectivity index (χ2n) is 5.61. The van der Waals surface area contributed by atoms with E-state index in [1.165, 1.54) is 0 Å². The minimum Gasteiger partial charge on any atom is -0.388 e. The lowest BCUT2D eigenvalue weighted by Crippen LogP contribution is -2.39. The van der Waals surface area contributed by atoms with Gasteiger partial charge in [-0.1, -0.05) is 26.0 Å². The lowest BCUT2D eigenvalue weighted by Gasteiger charge is -2.28. The van der Waals surface area contributed by atoms with Crippen LogP contribution in [0.2, 0.25) is 0 Å². The first-order valence-corrected chi connectivity index (χ1v) is 6.82. The van der Waals surface area contributed by atoms with E-state index >= 15 is 0 Å². The summed E-state index contributed by atoms with van der Waals surface area (Å²) in [6, 6.07) is 6.95. The summed E-state index contributed by atoms with van der Waals surface area (Å²) < 4.78 is 25.8. The second kappa shape index (κ2) is 5.89. The second-order valence-corrected chi connectivity index (χ2v) is 5.61. The molecule has 114 valence electrons. The molecule has 6 heteroatoms. The van der Waals surface area contributed by atoms with Crippen molar-refractivity contribution in [2.24, 2.45) is 5.92 Å². The van der Waals surface area contributed by atoms with Gasteiger partial charge in [-0.05, 0) is 25.0 Å². The van der Waals surface area contributed by atoms with Crippen molar-refractivity contribution in [3.8, 4) is 0 Å². The van der Waals surface area contributed by atoms with Gasteiger partial charge < -0.3 is 10.4 Å². The molecule has 0 radical (unpaired) electrons. The minimum atomic E-state index is -2.74. The van der Waals surface area contributed by atoms with Crippen molar-refractivity contribution >= 4 is 16.7 Å². The van der Waals surface area contributed by atoms with Crippen molar-refractivity contribution in [3.05, 3.63) is 30.1 Å².